The van der Waals surface area contributed by atoms with Crippen LogP contribution >= 0.6 is 18.6 Å². The zero-order valence-electron chi connectivity index (χ0n) is 13.0. The quantitative estimate of drug-likeness (QED) is 0.325. The molecule has 114 valence electrons. The molecule has 22 heavy (non-hydrogen) atoms. The van der Waals surface area contributed by atoms with Crippen LogP contribution in [0, 0.1) is 0 Å². The first-order valence-electron chi connectivity index (χ1n) is 7.18. The molecular formula is C19H19Cl2Ti-. The van der Waals surface area contributed by atoms with Crippen molar-refractivity contribution in [3.8, 4) is 11.1 Å². The Kier molecular flexibility index (Phi) is 6.23. The first kappa shape index (κ1) is 17.7. The molecule has 0 nitrogen and oxygen atoms in total. The second-order valence-corrected chi connectivity index (χ2v) is 8.85. The topological polar surface area (TPSA) is 0 Å². The average Bonchev–Trinajstić information content (AvgIpc) is 2.91. The Hall–Kier alpha value is -0.656. The molecule has 0 aromatic heterocycles. The van der Waals surface area contributed by atoms with E-state index >= 15 is 0 Å². The zero-order valence-corrected chi connectivity index (χ0v) is 16.1. The fourth-order valence-electron chi connectivity index (χ4n) is 2.48. The number of rotatable bonds is 1. The van der Waals surface area contributed by atoms with Gasteiger partial charge in [0.2, 0.25) is 0 Å². The number of hydrogen-bond donors (Lipinski definition) is 0. The van der Waals surface area contributed by atoms with E-state index in [0.29, 0.717) is 0 Å². The Morgan fingerprint density at radius 3 is 2.05 bits per heavy atom. The monoisotopic (exact) mass is 365 g/mol. The summed E-state index contributed by atoms with van der Waals surface area (Å²) in [7, 11) is 9.78. The van der Waals surface area contributed by atoms with Crippen molar-refractivity contribution in [3.63, 3.8) is 0 Å². The van der Waals surface area contributed by atoms with Gasteiger partial charge in [0.15, 0.2) is 0 Å². The van der Waals surface area contributed by atoms with Crippen LogP contribution in [-0.2, 0) is 22.4 Å². The molecule has 0 heterocycles. The van der Waals surface area contributed by atoms with Crippen LogP contribution in [0.5, 0.6) is 0 Å². The normalized spacial score (nSPS) is 11.0. The SMILES string of the molecule is CC(C)(C)c1ccc(-c2cc3ccccc3[cH-]2)cc1.[Cl][Ti][Cl]. The average molecular weight is 366 g/mol. The van der Waals surface area contributed by atoms with Gasteiger partial charge < -0.3 is 0 Å². The Bertz CT molecular complexity index is 688. The van der Waals surface area contributed by atoms with E-state index in [0.717, 1.165) is 0 Å². The Morgan fingerprint density at radius 2 is 1.50 bits per heavy atom. The molecule has 3 aromatic carbocycles. The number of fused-ring (bicyclic) bond motifs is 1. The van der Waals surface area contributed by atoms with Crippen molar-refractivity contribution in [1.29, 1.82) is 0 Å². The van der Waals surface area contributed by atoms with Gasteiger partial charge in [-0.3, -0.25) is 0 Å². The molecule has 0 aliphatic heterocycles. The van der Waals surface area contributed by atoms with E-state index in [1.54, 1.807) is 0 Å². The minimum absolute atomic E-state index is 0.218. The van der Waals surface area contributed by atoms with Gasteiger partial charge in [-0.2, -0.15) is 0 Å². The molecule has 0 spiro atoms. The van der Waals surface area contributed by atoms with Gasteiger partial charge >= 0.3 is 35.6 Å². The van der Waals surface area contributed by atoms with E-state index in [4.69, 9.17) is 18.6 Å². The first-order chi connectivity index (χ1) is 10.5. The van der Waals surface area contributed by atoms with Gasteiger partial charge in [0.25, 0.3) is 0 Å². The first-order valence-corrected chi connectivity index (χ1v) is 11.5. The molecule has 0 saturated carbocycles. The molecule has 0 radical (unpaired) electrons. The van der Waals surface area contributed by atoms with Crippen molar-refractivity contribution in [3.05, 3.63) is 66.2 Å². The summed E-state index contributed by atoms with van der Waals surface area (Å²) in [5.41, 5.74) is 4.20. The van der Waals surface area contributed by atoms with Gasteiger partial charge in [-0.1, -0.05) is 68.8 Å². The molecule has 0 unspecified atom stereocenters. The summed E-state index contributed by atoms with van der Waals surface area (Å²) in [5, 5.41) is 2.63. The number of benzene rings is 2. The molecule has 0 aliphatic carbocycles. The predicted molar refractivity (Wildman–Crippen MR) is 95.4 cm³/mol. The van der Waals surface area contributed by atoms with Crippen molar-refractivity contribution >= 4 is 29.4 Å². The third kappa shape index (κ3) is 4.43. The molecular weight excluding hydrogens is 347 g/mol. The van der Waals surface area contributed by atoms with E-state index in [-0.39, 0.29) is 5.41 Å². The molecule has 0 atom stereocenters. The maximum atomic E-state index is 4.89. The van der Waals surface area contributed by atoms with E-state index in [2.05, 4.69) is 81.4 Å². The van der Waals surface area contributed by atoms with Crippen LogP contribution in [0.15, 0.2) is 60.7 Å². The van der Waals surface area contributed by atoms with Gasteiger partial charge in [0, 0.05) is 0 Å². The van der Waals surface area contributed by atoms with Gasteiger partial charge in [-0.25, -0.2) is 0 Å². The standard InChI is InChI=1S/C19H19.2ClH.Ti/c1-19(2,3)18-10-8-14(9-11-18)17-12-15-6-4-5-7-16(15)13-17;;;/h4-13H,1-3H3;2*1H;/q-1;;;+2/p-2. The van der Waals surface area contributed by atoms with E-state index < -0.39 is 17.0 Å². The molecule has 0 aliphatic rings. The summed E-state index contributed by atoms with van der Waals surface area (Å²) in [6, 6.07) is 22.0. The Morgan fingerprint density at radius 1 is 0.909 bits per heavy atom. The van der Waals surface area contributed by atoms with Crippen LogP contribution in [0.25, 0.3) is 21.9 Å². The molecule has 0 saturated heterocycles. The van der Waals surface area contributed by atoms with E-state index in [1.165, 1.54) is 27.5 Å². The molecule has 0 amide bonds. The van der Waals surface area contributed by atoms with E-state index in [1.807, 2.05) is 0 Å². The second kappa shape index (κ2) is 7.75. The van der Waals surface area contributed by atoms with Crippen molar-refractivity contribution in [2.75, 3.05) is 0 Å². The van der Waals surface area contributed by atoms with Crippen molar-refractivity contribution in [2.24, 2.45) is 0 Å². The number of halogens is 2. The summed E-state index contributed by atoms with van der Waals surface area (Å²) in [6.45, 7) is 6.75. The summed E-state index contributed by atoms with van der Waals surface area (Å²) in [4.78, 5) is 0. The van der Waals surface area contributed by atoms with Crippen molar-refractivity contribution in [2.45, 2.75) is 26.2 Å². The van der Waals surface area contributed by atoms with Gasteiger partial charge in [0.05, 0.1) is 0 Å². The Balaban J connectivity index is 0.000000545. The van der Waals surface area contributed by atoms with Gasteiger partial charge in [-0.05, 0) is 11.0 Å². The van der Waals surface area contributed by atoms with Crippen LogP contribution in [-0.4, -0.2) is 0 Å². The molecule has 0 bridgehead atoms. The molecule has 3 heteroatoms. The maximum absolute atomic E-state index is 4.89. The Labute approximate surface area is 149 Å². The van der Waals surface area contributed by atoms with Crippen LogP contribution in [0.1, 0.15) is 26.3 Å². The second-order valence-electron chi connectivity index (χ2n) is 6.27. The van der Waals surface area contributed by atoms with E-state index in [9.17, 15) is 0 Å². The van der Waals surface area contributed by atoms with Crippen LogP contribution in [0.2, 0.25) is 0 Å². The fourth-order valence-corrected chi connectivity index (χ4v) is 2.48. The number of hydrogen-bond acceptors (Lipinski definition) is 0. The summed E-state index contributed by atoms with van der Waals surface area (Å²) >= 11 is -0.556. The summed E-state index contributed by atoms with van der Waals surface area (Å²) in [6.07, 6.45) is 0. The third-order valence-electron chi connectivity index (χ3n) is 3.70. The third-order valence-corrected chi connectivity index (χ3v) is 3.70. The van der Waals surface area contributed by atoms with Gasteiger partial charge in [-0.15, -0.1) is 34.5 Å². The zero-order chi connectivity index (χ0) is 16.2. The van der Waals surface area contributed by atoms with Crippen LogP contribution in [0.3, 0.4) is 0 Å². The minimum atomic E-state index is -0.556. The summed E-state index contributed by atoms with van der Waals surface area (Å²) in [5.74, 6) is 0. The van der Waals surface area contributed by atoms with Crippen molar-refractivity contribution in [1.82, 2.24) is 0 Å². The molecule has 3 aromatic rings. The molecule has 0 fully saturated rings. The van der Waals surface area contributed by atoms with Crippen LogP contribution < -0.4 is 0 Å². The molecule has 0 N–H and O–H groups in total. The predicted octanol–water partition coefficient (Wildman–Crippen LogP) is 6.90. The molecule has 3 rings (SSSR count). The van der Waals surface area contributed by atoms with Crippen LogP contribution in [0.4, 0.5) is 0 Å². The van der Waals surface area contributed by atoms with Crippen molar-refractivity contribution < 1.29 is 17.0 Å². The van der Waals surface area contributed by atoms with Gasteiger partial charge in [0.1, 0.15) is 0 Å². The summed E-state index contributed by atoms with van der Waals surface area (Å²) < 4.78 is 0. The fraction of sp³-hybridized carbons (Fsp3) is 0.211.